The number of aldehydes is 1. The molecule has 0 saturated heterocycles. The van der Waals surface area contributed by atoms with Gasteiger partial charge in [-0.1, -0.05) is 184 Å². The third-order valence-electron chi connectivity index (χ3n) is 9.68. The number of aliphatic carboxylic acids is 1. The van der Waals surface area contributed by atoms with Gasteiger partial charge in [0.05, 0.1) is 11.4 Å². The van der Waals surface area contributed by atoms with Crippen molar-refractivity contribution in [2.45, 2.75) is 199 Å². The Bertz CT molecular complexity index is 930. The minimum Gasteiger partial charge on any atom is -0.549 e. The van der Waals surface area contributed by atoms with E-state index in [-0.39, 0.29) is 18.8 Å². The lowest BCUT2D eigenvalue weighted by Crippen LogP contribution is -2.55. The van der Waals surface area contributed by atoms with Gasteiger partial charge >= 0.3 is 5.97 Å². The molecule has 0 heterocycles. The first-order valence-electron chi connectivity index (χ1n) is 19.4. The molecule has 0 spiro atoms. The Labute approximate surface area is 296 Å². The third-order valence-corrected chi connectivity index (χ3v) is 10.2. The second-order valence-electron chi connectivity index (χ2n) is 14.3. The molecule has 1 unspecified atom stereocenters. The summed E-state index contributed by atoms with van der Waals surface area (Å²) in [6.45, 7) is 6.81. The molecule has 0 saturated carbocycles. The van der Waals surface area contributed by atoms with Crippen molar-refractivity contribution in [3.8, 4) is 0 Å². The highest BCUT2D eigenvalue weighted by atomic mass is 79.9. The van der Waals surface area contributed by atoms with E-state index in [2.05, 4.69) is 36.7 Å². The van der Waals surface area contributed by atoms with Gasteiger partial charge in [0.2, 0.25) is 0 Å². The number of rotatable bonds is 32. The first-order valence-corrected chi connectivity index (χ1v) is 20.2. The van der Waals surface area contributed by atoms with Crippen LogP contribution < -0.4 is 5.11 Å². The number of ether oxygens (including phenoxy) is 1. The summed E-state index contributed by atoms with van der Waals surface area (Å²) >= 11 is 3.41. The maximum absolute atomic E-state index is 13.1. The molecule has 1 aromatic carbocycles. The molecule has 1 aromatic rings. The molecule has 47 heavy (non-hydrogen) atoms. The van der Waals surface area contributed by atoms with Gasteiger partial charge in [0.15, 0.2) is 0 Å². The van der Waals surface area contributed by atoms with Crippen molar-refractivity contribution in [2.24, 2.45) is 5.92 Å². The van der Waals surface area contributed by atoms with E-state index >= 15 is 0 Å². The number of hydrogen-bond acceptors (Lipinski definition) is 5. The zero-order chi connectivity index (χ0) is 34.6. The second kappa shape index (κ2) is 28.2. The molecule has 270 valence electrons. The fourth-order valence-corrected chi connectivity index (χ4v) is 6.94. The summed E-state index contributed by atoms with van der Waals surface area (Å²) in [4.78, 5) is 37.9. The van der Waals surface area contributed by atoms with Crippen molar-refractivity contribution < 1.29 is 24.2 Å². The molecule has 0 aliphatic carbocycles. The van der Waals surface area contributed by atoms with Crippen LogP contribution >= 0.6 is 15.9 Å². The van der Waals surface area contributed by atoms with Gasteiger partial charge in [0, 0.05) is 17.3 Å². The van der Waals surface area contributed by atoms with E-state index in [1.807, 2.05) is 0 Å². The highest BCUT2D eigenvalue weighted by Crippen LogP contribution is 2.37. The van der Waals surface area contributed by atoms with Gasteiger partial charge in [-0.25, -0.2) is 0 Å². The van der Waals surface area contributed by atoms with E-state index in [4.69, 9.17) is 4.74 Å². The van der Waals surface area contributed by atoms with Crippen molar-refractivity contribution in [1.82, 2.24) is 0 Å². The largest absolute Gasteiger partial charge is 0.549 e. The first-order chi connectivity index (χ1) is 22.8. The number of carboxylic acid groups (broad SMARTS) is 1. The van der Waals surface area contributed by atoms with Crippen LogP contribution in [0.2, 0.25) is 0 Å². The van der Waals surface area contributed by atoms with Crippen molar-refractivity contribution >= 4 is 34.2 Å². The van der Waals surface area contributed by atoms with E-state index in [9.17, 15) is 19.5 Å². The summed E-state index contributed by atoms with van der Waals surface area (Å²) in [6.07, 6.45) is 27.5. The number of esters is 1. The number of hydrogen-bond donors (Lipinski definition) is 0. The molecule has 0 N–H and O–H groups in total. The summed E-state index contributed by atoms with van der Waals surface area (Å²) < 4.78 is 6.79. The summed E-state index contributed by atoms with van der Waals surface area (Å²) in [5.41, 5.74) is -1.28. The normalized spacial score (nSPS) is 13.4. The van der Waals surface area contributed by atoms with E-state index < -0.39 is 17.5 Å². The minimum atomic E-state index is -1.72. The monoisotopic (exact) mass is 719 g/mol. The molecule has 0 fully saturated rings. The molecular formula is C41H68BrO5-. The zero-order valence-electron chi connectivity index (χ0n) is 30.3. The van der Waals surface area contributed by atoms with Crippen LogP contribution in [0.25, 0.3) is 0 Å². The standard InChI is InChI=1S/C41H69BrO5/c1-4-5-6-7-8-9-10-11-12-16-19-22-25-28-39(44)47-38(27-24-21-18-15-13-14-17-20-23-26-35(2)3)41(33-34-43,40(45)46)36-29-31-37(42)32-30-36/h29-32,34-35,38H,4-28,33H2,1-3H3,(H,45,46)/p-1/t38?,41-/m1/s1. The number of halogens is 1. The van der Waals surface area contributed by atoms with Crippen molar-refractivity contribution in [3.05, 3.63) is 34.3 Å². The molecule has 2 atom stereocenters. The average Bonchev–Trinajstić information content (AvgIpc) is 3.04. The zero-order valence-corrected chi connectivity index (χ0v) is 31.9. The fraction of sp³-hybridized carbons (Fsp3) is 0.780. The molecular weight excluding hydrogens is 652 g/mol. The highest BCUT2D eigenvalue weighted by molar-refractivity contribution is 9.10. The van der Waals surface area contributed by atoms with Gasteiger partial charge in [-0.3, -0.25) is 4.79 Å². The Morgan fingerprint density at radius 3 is 1.55 bits per heavy atom. The summed E-state index contributed by atoms with van der Waals surface area (Å²) in [6, 6.07) is 6.90. The van der Waals surface area contributed by atoms with E-state index in [0.29, 0.717) is 18.3 Å². The van der Waals surface area contributed by atoms with Gasteiger partial charge < -0.3 is 19.4 Å². The Morgan fingerprint density at radius 1 is 0.702 bits per heavy atom. The second-order valence-corrected chi connectivity index (χ2v) is 15.2. The van der Waals surface area contributed by atoms with Gasteiger partial charge in [-0.05, 0) is 42.9 Å². The first kappa shape index (κ1) is 43.3. The van der Waals surface area contributed by atoms with Gasteiger partial charge in [-0.2, -0.15) is 0 Å². The minimum absolute atomic E-state index is 0.260. The quantitative estimate of drug-likeness (QED) is 0.0420. The van der Waals surface area contributed by atoms with Crippen LogP contribution in [0.1, 0.15) is 193 Å². The lowest BCUT2D eigenvalue weighted by Gasteiger charge is -2.40. The Kier molecular flexibility index (Phi) is 26.0. The van der Waals surface area contributed by atoms with Crippen LogP contribution in [0.15, 0.2) is 28.7 Å². The Morgan fingerprint density at radius 2 is 1.13 bits per heavy atom. The summed E-state index contributed by atoms with van der Waals surface area (Å²) in [7, 11) is 0. The van der Waals surface area contributed by atoms with Crippen LogP contribution in [0, 0.1) is 5.92 Å². The number of carbonyl (C=O) groups is 3. The van der Waals surface area contributed by atoms with E-state index in [1.165, 1.54) is 103 Å². The van der Waals surface area contributed by atoms with Crippen LogP contribution in [0.3, 0.4) is 0 Å². The summed E-state index contributed by atoms with van der Waals surface area (Å²) in [5.74, 6) is -0.976. The topological polar surface area (TPSA) is 83.5 Å². The SMILES string of the molecule is CCCCCCCCCCCCCCCC(=O)OC(CCCCCCCCCCCC(C)C)[C@](CC=O)(C(=O)[O-])c1ccc(Br)cc1. The van der Waals surface area contributed by atoms with Crippen molar-refractivity contribution in [1.29, 1.82) is 0 Å². The molecule has 0 aliphatic heterocycles. The van der Waals surface area contributed by atoms with E-state index in [0.717, 1.165) is 55.3 Å². The fourth-order valence-electron chi connectivity index (χ4n) is 6.68. The number of carbonyl (C=O) groups excluding carboxylic acids is 3. The lowest BCUT2D eigenvalue weighted by atomic mass is 9.71. The highest BCUT2D eigenvalue weighted by Gasteiger charge is 2.44. The predicted octanol–water partition coefficient (Wildman–Crippen LogP) is 11.4. The lowest BCUT2D eigenvalue weighted by molar-refractivity contribution is -0.317. The van der Waals surface area contributed by atoms with Crippen LogP contribution in [-0.4, -0.2) is 24.3 Å². The molecule has 6 heteroatoms. The van der Waals surface area contributed by atoms with Gasteiger partial charge in [-0.15, -0.1) is 0 Å². The van der Waals surface area contributed by atoms with Gasteiger partial charge in [0.1, 0.15) is 12.4 Å². The molecule has 0 amide bonds. The van der Waals surface area contributed by atoms with Gasteiger partial charge in [0.25, 0.3) is 0 Å². The van der Waals surface area contributed by atoms with Crippen molar-refractivity contribution in [2.75, 3.05) is 0 Å². The smallest absolute Gasteiger partial charge is 0.306 e. The Hall–Kier alpha value is -1.69. The average molecular weight is 721 g/mol. The van der Waals surface area contributed by atoms with Crippen LogP contribution in [-0.2, 0) is 24.5 Å². The molecule has 5 nitrogen and oxygen atoms in total. The number of carboxylic acids is 1. The van der Waals surface area contributed by atoms with Crippen molar-refractivity contribution in [3.63, 3.8) is 0 Å². The Balaban J connectivity index is 2.61. The molecule has 1 rings (SSSR count). The number of benzene rings is 1. The maximum atomic E-state index is 13.1. The predicted molar refractivity (Wildman–Crippen MR) is 197 cm³/mol. The molecule has 0 aliphatic rings. The summed E-state index contributed by atoms with van der Waals surface area (Å²) in [5, 5.41) is 12.9. The molecule has 0 radical (unpaired) electrons. The third kappa shape index (κ3) is 19.8. The van der Waals surface area contributed by atoms with Crippen LogP contribution in [0.5, 0.6) is 0 Å². The number of unbranched alkanes of at least 4 members (excludes halogenated alkanes) is 20. The van der Waals surface area contributed by atoms with Crippen LogP contribution in [0.4, 0.5) is 0 Å². The molecule has 0 bridgehead atoms. The molecule has 0 aromatic heterocycles. The maximum Gasteiger partial charge on any atom is 0.306 e. The van der Waals surface area contributed by atoms with E-state index in [1.54, 1.807) is 24.3 Å².